The highest BCUT2D eigenvalue weighted by molar-refractivity contribution is 7.98. The van der Waals surface area contributed by atoms with Crippen LogP contribution in [0.2, 0.25) is 0 Å². The van der Waals surface area contributed by atoms with Gasteiger partial charge in [0.25, 0.3) is 0 Å². The fraction of sp³-hybridized carbons (Fsp3) is 0.692. The highest BCUT2D eigenvalue weighted by Crippen LogP contribution is 2.04. The smallest absolute Gasteiger partial charge is 0.326 e. The zero-order valence-electron chi connectivity index (χ0n) is 13.4. The van der Waals surface area contributed by atoms with Crippen LogP contribution >= 0.6 is 11.8 Å². The van der Waals surface area contributed by atoms with Crippen molar-refractivity contribution in [2.75, 3.05) is 18.6 Å². The fourth-order valence-corrected chi connectivity index (χ4v) is 2.15. The van der Waals surface area contributed by atoms with Crippen molar-refractivity contribution >= 4 is 35.5 Å². The highest BCUT2D eigenvalue weighted by atomic mass is 32.2. The van der Waals surface area contributed by atoms with Gasteiger partial charge in [-0.15, -0.1) is 0 Å². The van der Waals surface area contributed by atoms with Crippen molar-refractivity contribution in [2.24, 2.45) is 11.5 Å². The van der Waals surface area contributed by atoms with Gasteiger partial charge in [-0.1, -0.05) is 0 Å². The first kappa shape index (κ1) is 22.1. The summed E-state index contributed by atoms with van der Waals surface area (Å²) in [5.74, 6) is -2.89. The van der Waals surface area contributed by atoms with E-state index in [-0.39, 0.29) is 19.3 Å². The van der Waals surface area contributed by atoms with Gasteiger partial charge in [-0.3, -0.25) is 14.4 Å². The summed E-state index contributed by atoms with van der Waals surface area (Å²) in [5, 5.41) is 22.6. The van der Waals surface area contributed by atoms with Crippen LogP contribution in [0.3, 0.4) is 0 Å². The van der Waals surface area contributed by atoms with Crippen LogP contribution in [0, 0.1) is 0 Å². The van der Waals surface area contributed by atoms with Crippen LogP contribution in [0.1, 0.15) is 19.3 Å². The number of amides is 3. The van der Waals surface area contributed by atoms with E-state index in [0.717, 1.165) is 0 Å². The van der Waals surface area contributed by atoms with Gasteiger partial charge in [0.15, 0.2) is 0 Å². The molecule has 0 bridgehead atoms. The van der Waals surface area contributed by atoms with Crippen LogP contribution in [-0.4, -0.2) is 70.6 Å². The molecule has 3 atom stereocenters. The Bertz CT molecular complexity index is 462. The van der Waals surface area contributed by atoms with Gasteiger partial charge < -0.3 is 32.3 Å². The van der Waals surface area contributed by atoms with Crippen molar-refractivity contribution in [1.29, 1.82) is 0 Å². The van der Waals surface area contributed by atoms with Crippen molar-refractivity contribution in [2.45, 2.75) is 37.4 Å². The van der Waals surface area contributed by atoms with Crippen molar-refractivity contribution in [3.8, 4) is 0 Å². The van der Waals surface area contributed by atoms with E-state index in [0.29, 0.717) is 5.75 Å². The fourth-order valence-electron chi connectivity index (χ4n) is 1.68. The molecule has 0 aliphatic carbocycles. The molecule has 11 heteroatoms. The molecule has 0 saturated carbocycles. The van der Waals surface area contributed by atoms with Gasteiger partial charge in [0.2, 0.25) is 17.7 Å². The molecule has 0 aromatic heterocycles. The molecular formula is C13H24N4O6S. The van der Waals surface area contributed by atoms with E-state index in [1.807, 2.05) is 6.26 Å². The molecule has 3 amide bonds. The Hall–Kier alpha value is -1.85. The molecule has 0 rings (SSSR count). The monoisotopic (exact) mass is 364 g/mol. The Labute approximate surface area is 143 Å². The number of carboxylic acids is 1. The van der Waals surface area contributed by atoms with Gasteiger partial charge in [-0.2, -0.15) is 11.8 Å². The average Bonchev–Trinajstić information content (AvgIpc) is 2.53. The molecule has 138 valence electrons. The Morgan fingerprint density at radius 2 is 1.67 bits per heavy atom. The van der Waals surface area contributed by atoms with E-state index in [1.54, 1.807) is 0 Å². The number of carbonyl (C=O) groups excluding carboxylic acids is 3. The predicted octanol–water partition coefficient (Wildman–Crippen LogP) is -2.62. The molecule has 24 heavy (non-hydrogen) atoms. The lowest BCUT2D eigenvalue weighted by Gasteiger charge is -2.22. The molecule has 0 fully saturated rings. The Balaban J connectivity index is 4.90. The number of primary amides is 1. The highest BCUT2D eigenvalue weighted by Gasteiger charge is 2.27. The third kappa shape index (κ3) is 8.70. The van der Waals surface area contributed by atoms with E-state index < -0.39 is 48.4 Å². The number of thioether (sulfide) groups is 1. The lowest BCUT2D eigenvalue weighted by molar-refractivity contribution is -0.142. The van der Waals surface area contributed by atoms with Crippen molar-refractivity contribution < 1.29 is 29.4 Å². The van der Waals surface area contributed by atoms with Crippen LogP contribution < -0.4 is 22.1 Å². The number of nitrogens with one attached hydrogen (secondary N) is 2. The largest absolute Gasteiger partial charge is 0.480 e. The SMILES string of the molecule is CSCC[C@H](NC(=O)[C@@H](N)CO)C(=O)N[C@@H](CCC(N)=O)C(=O)O. The first-order valence-electron chi connectivity index (χ1n) is 7.20. The van der Waals surface area contributed by atoms with E-state index in [1.165, 1.54) is 11.8 Å². The van der Waals surface area contributed by atoms with Crippen LogP contribution in [0.15, 0.2) is 0 Å². The summed E-state index contributed by atoms with van der Waals surface area (Å²) >= 11 is 1.44. The summed E-state index contributed by atoms with van der Waals surface area (Å²) in [4.78, 5) is 45.9. The maximum absolute atomic E-state index is 12.2. The molecule has 0 aromatic carbocycles. The maximum Gasteiger partial charge on any atom is 0.326 e. The molecule has 0 unspecified atom stereocenters. The zero-order valence-corrected chi connectivity index (χ0v) is 14.2. The first-order chi connectivity index (χ1) is 11.2. The normalized spacial score (nSPS) is 14.3. The van der Waals surface area contributed by atoms with Crippen LogP contribution in [-0.2, 0) is 19.2 Å². The summed E-state index contributed by atoms with van der Waals surface area (Å²) in [6.07, 6.45) is 1.70. The van der Waals surface area contributed by atoms with Crippen LogP contribution in [0.5, 0.6) is 0 Å². The summed E-state index contributed by atoms with van der Waals surface area (Å²) in [7, 11) is 0. The van der Waals surface area contributed by atoms with E-state index >= 15 is 0 Å². The summed E-state index contributed by atoms with van der Waals surface area (Å²) in [6.45, 7) is -0.584. The second kappa shape index (κ2) is 11.6. The molecule has 0 aliphatic heterocycles. The zero-order chi connectivity index (χ0) is 18.7. The number of nitrogens with two attached hydrogens (primary N) is 2. The number of carbonyl (C=O) groups is 4. The number of hydrogen-bond donors (Lipinski definition) is 6. The number of carboxylic acid groups (broad SMARTS) is 1. The second-order valence-corrected chi connectivity index (χ2v) is 6.02. The Morgan fingerprint density at radius 1 is 1.08 bits per heavy atom. The third-order valence-electron chi connectivity index (χ3n) is 3.07. The Morgan fingerprint density at radius 3 is 2.12 bits per heavy atom. The van der Waals surface area contributed by atoms with Gasteiger partial charge in [0.1, 0.15) is 18.1 Å². The topological polar surface area (TPSA) is 185 Å². The van der Waals surface area contributed by atoms with Crippen LogP contribution in [0.25, 0.3) is 0 Å². The van der Waals surface area contributed by atoms with Crippen molar-refractivity contribution in [3.63, 3.8) is 0 Å². The summed E-state index contributed by atoms with van der Waals surface area (Å²) < 4.78 is 0. The minimum atomic E-state index is -1.31. The molecule has 0 aliphatic rings. The number of aliphatic carboxylic acids is 1. The van der Waals surface area contributed by atoms with E-state index in [4.69, 9.17) is 21.7 Å². The number of aliphatic hydroxyl groups excluding tert-OH is 1. The molecule has 10 nitrogen and oxygen atoms in total. The maximum atomic E-state index is 12.2. The van der Waals surface area contributed by atoms with Crippen LogP contribution in [0.4, 0.5) is 0 Å². The van der Waals surface area contributed by atoms with Gasteiger partial charge in [-0.25, -0.2) is 4.79 Å². The first-order valence-corrected chi connectivity index (χ1v) is 8.59. The molecular weight excluding hydrogens is 340 g/mol. The lowest BCUT2D eigenvalue weighted by Crippen LogP contribution is -2.55. The molecule has 0 spiro atoms. The van der Waals surface area contributed by atoms with E-state index in [2.05, 4.69) is 10.6 Å². The Kier molecular flexibility index (Phi) is 10.8. The molecule has 0 heterocycles. The van der Waals surface area contributed by atoms with Gasteiger partial charge in [-0.05, 0) is 24.9 Å². The summed E-state index contributed by atoms with van der Waals surface area (Å²) in [5.41, 5.74) is 10.3. The quantitative estimate of drug-likeness (QED) is 0.217. The molecule has 0 radical (unpaired) electrons. The standard InChI is InChI=1S/C13H24N4O6S/c1-24-5-4-8(16-11(20)7(14)6-18)12(21)17-9(13(22)23)2-3-10(15)19/h7-9,18H,2-6,14H2,1H3,(H2,15,19)(H,16,20)(H,17,21)(H,22,23)/t7-,8-,9-/m0/s1. The summed E-state index contributed by atoms with van der Waals surface area (Å²) in [6, 6.07) is -3.48. The lowest BCUT2D eigenvalue weighted by atomic mass is 10.1. The number of hydrogen-bond acceptors (Lipinski definition) is 7. The average molecular weight is 364 g/mol. The van der Waals surface area contributed by atoms with Crippen molar-refractivity contribution in [3.05, 3.63) is 0 Å². The molecule has 8 N–H and O–H groups in total. The third-order valence-corrected chi connectivity index (χ3v) is 3.72. The number of aliphatic hydroxyl groups is 1. The molecule has 0 aromatic rings. The predicted molar refractivity (Wildman–Crippen MR) is 88.0 cm³/mol. The van der Waals surface area contributed by atoms with E-state index in [9.17, 15) is 19.2 Å². The number of rotatable bonds is 12. The molecule has 0 saturated heterocycles. The minimum Gasteiger partial charge on any atom is -0.480 e. The van der Waals surface area contributed by atoms with Gasteiger partial charge in [0.05, 0.1) is 6.61 Å². The van der Waals surface area contributed by atoms with Crippen molar-refractivity contribution in [1.82, 2.24) is 10.6 Å². The van der Waals surface area contributed by atoms with Gasteiger partial charge >= 0.3 is 5.97 Å². The van der Waals surface area contributed by atoms with Gasteiger partial charge in [0, 0.05) is 6.42 Å². The second-order valence-electron chi connectivity index (χ2n) is 5.04. The minimum absolute atomic E-state index is 0.157.